The van der Waals surface area contributed by atoms with Gasteiger partial charge in [0.2, 0.25) is 0 Å². The van der Waals surface area contributed by atoms with Crippen molar-refractivity contribution in [2.24, 2.45) is 4.99 Å². The van der Waals surface area contributed by atoms with Crippen molar-refractivity contribution in [3.05, 3.63) is 73.8 Å². The molecular weight excluding hydrogens is 725 g/mol. The smallest absolute Gasteiger partial charge is 0.340 e. The third-order valence-corrected chi connectivity index (χ3v) is 8.46. The number of thiocarbonyl (C=S) groups is 1. The number of nitrogens with zero attached hydrogens (tertiary/aromatic N) is 3. The van der Waals surface area contributed by atoms with Gasteiger partial charge in [0.05, 0.1) is 57.2 Å². The van der Waals surface area contributed by atoms with Crippen LogP contribution in [0.5, 0.6) is 23.0 Å². The van der Waals surface area contributed by atoms with Crippen molar-refractivity contribution in [1.82, 2.24) is 9.80 Å². The number of hydrogen-bond acceptors (Lipinski definition) is 14. The highest BCUT2D eigenvalue weighted by molar-refractivity contribution is 7.78. The molecule has 0 amide bonds. The van der Waals surface area contributed by atoms with Gasteiger partial charge in [-0.15, -0.1) is 0 Å². The number of carbonyl (C=O) groups excluding carboxylic acids is 1. The number of benzene rings is 3. The molecule has 2 aliphatic heterocycles. The van der Waals surface area contributed by atoms with Gasteiger partial charge in [-0.3, -0.25) is 24.2 Å². The largest absolute Gasteiger partial charge is 0.506 e. The topological polar surface area (TPSA) is 236 Å². The molecule has 0 fully saturated rings. The second-order valence-electron chi connectivity index (χ2n) is 11.0. The lowest BCUT2D eigenvalue weighted by Crippen LogP contribution is -2.37. The summed E-state index contributed by atoms with van der Waals surface area (Å²) in [6.07, 6.45) is 0. The number of aliphatic carboxylic acids is 3. The van der Waals surface area contributed by atoms with E-state index in [9.17, 15) is 49.8 Å². The molecule has 2 aliphatic rings. The number of carboxylic acid groups (broad SMARTS) is 3. The van der Waals surface area contributed by atoms with Gasteiger partial charge in [0.15, 0.2) is 5.60 Å². The lowest BCUT2D eigenvalue weighted by atomic mass is 9.76. The van der Waals surface area contributed by atoms with E-state index in [-0.39, 0.29) is 60.6 Å². The molecule has 0 radical (unpaired) electrons. The molecule has 16 nitrogen and oxygen atoms in total. The van der Waals surface area contributed by atoms with E-state index in [0.29, 0.717) is 0 Å². The fourth-order valence-electron chi connectivity index (χ4n) is 5.93. The van der Waals surface area contributed by atoms with E-state index in [1.807, 2.05) is 0 Å². The molecule has 1 atom stereocenters. The predicted molar refractivity (Wildman–Crippen MR) is 174 cm³/mol. The average Bonchev–Trinajstić information content (AvgIpc) is 3.32. The zero-order valence-corrected chi connectivity index (χ0v) is 27.7. The number of halogens is 2. The molecule has 19 heteroatoms. The van der Waals surface area contributed by atoms with Crippen LogP contribution in [0.1, 0.15) is 38.2 Å². The number of aromatic hydroxyl groups is 2. The number of carbonyl (C=O) groups is 4. The zero-order valence-electron chi connectivity index (χ0n) is 25.4. The number of esters is 1. The lowest BCUT2D eigenvalue weighted by Gasteiger charge is -2.39. The van der Waals surface area contributed by atoms with Crippen LogP contribution in [0.15, 0.2) is 35.3 Å². The first-order valence-corrected chi connectivity index (χ1v) is 15.4. The molecule has 0 aromatic heterocycles. The summed E-state index contributed by atoms with van der Waals surface area (Å²) in [6, 6.07) is 6.89. The van der Waals surface area contributed by atoms with Crippen LogP contribution in [-0.4, -0.2) is 103 Å². The Bertz CT molecular complexity index is 1970. The van der Waals surface area contributed by atoms with E-state index in [0.717, 1.165) is 4.90 Å². The second-order valence-corrected chi connectivity index (χ2v) is 12.0. The highest BCUT2D eigenvalue weighted by Gasteiger charge is 2.55. The summed E-state index contributed by atoms with van der Waals surface area (Å²) in [5.74, 6) is -6.59. The molecule has 1 spiro atoms. The molecule has 6 N–H and O–H groups in total. The van der Waals surface area contributed by atoms with Gasteiger partial charge in [0.25, 0.3) is 0 Å². The molecule has 5 rings (SSSR count). The summed E-state index contributed by atoms with van der Waals surface area (Å²) < 4.78 is 17.5. The summed E-state index contributed by atoms with van der Waals surface area (Å²) in [5, 5.41) is 61.9. The average molecular weight is 751 g/mol. The lowest BCUT2D eigenvalue weighted by molar-refractivity contribution is -0.143. The maximum atomic E-state index is 13.7. The minimum atomic E-state index is -1.99. The SMILES string of the molecule is O=C(O)CN(COCO)Cc1c(O)c(Cl)cc2c1Oc1c(cc(Cl)c(O)c1CN(CC(=O)O)CC(=O)O)C21OC(=O)c2cc(N=C=S)ccc21. The minimum absolute atomic E-state index is 0.00490. The van der Waals surface area contributed by atoms with Crippen molar-refractivity contribution in [2.75, 3.05) is 33.2 Å². The Morgan fingerprint density at radius 2 is 1.38 bits per heavy atom. The van der Waals surface area contributed by atoms with E-state index < -0.39 is 87.2 Å². The van der Waals surface area contributed by atoms with Gasteiger partial charge in [-0.25, -0.2) is 4.79 Å². The van der Waals surface area contributed by atoms with Crippen molar-refractivity contribution in [2.45, 2.75) is 18.7 Å². The van der Waals surface area contributed by atoms with Crippen LogP contribution in [0.2, 0.25) is 10.0 Å². The number of hydrogen-bond donors (Lipinski definition) is 6. The van der Waals surface area contributed by atoms with Crippen LogP contribution in [0.3, 0.4) is 0 Å². The fourth-order valence-corrected chi connectivity index (χ4v) is 6.48. The Balaban J connectivity index is 1.85. The molecule has 3 aromatic rings. The van der Waals surface area contributed by atoms with Crippen molar-refractivity contribution >= 4 is 70.1 Å². The number of fused-ring (bicyclic) bond motifs is 6. The Labute approximate surface area is 296 Å². The van der Waals surface area contributed by atoms with E-state index in [2.05, 4.69) is 10.2 Å². The van der Waals surface area contributed by atoms with Gasteiger partial charge in [0, 0.05) is 29.8 Å². The highest BCUT2D eigenvalue weighted by Crippen LogP contribution is 2.61. The number of carboxylic acids is 3. The first-order valence-electron chi connectivity index (χ1n) is 14.2. The first-order chi connectivity index (χ1) is 23.7. The number of aliphatic imine (C=N–C) groups is 1. The second kappa shape index (κ2) is 14.6. The van der Waals surface area contributed by atoms with E-state index in [1.165, 1.54) is 35.2 Å². The van der Waals surface area contributed by atoms with Gasteiger partial charge >= 0.3 is 23.9 Å². The van der Waals surface area contributed by atoms with Crippen LogP contribution in [0, 0.1) is 0 Å². The summed E-state index contributed by atoms with van der Waals surface area (Å²) in [6.45, 7) is -4.42. The maximum Gasteiger partial charge on any atom is 0.340 e. The van der Waals surface area contributed by atoms with Gasteiger partial charge in [-0.2, -0.15) is 4.99 Å². The molecule has 1 unspecified atom stereocenters. The van der Waals surface area contributed by atoms with Gasteiger partial charge in [-0.05, 0) is 36.5 Å². The summed E-state index contributed by atoms with van der Waals surface area (Å²) >= 11 is 17.8. The molecule has 0 saturated heterocycles. The molecule has 0 saturated carbocycles. The quantitative estimate of drug-likeness (QED) is 0.0599. The van der Waals surface area contributed by atoms with Crippen molar-refractivity contribution in [3.63, 3.8) is 0 Å². The third-order valence-electron chi connectivity index (χ3n) is 7.79. The monoisotopic (exact) mass is 749 g/mol. The molecule has 0 aliphatic carbocycles. The first kappa shape index (κ1) is 36.4. The number of phenols is 2. The Kier molecular flexibility index (Phi) is 10.6. The maximum absolute atomic E-state index is 13.7. The third kappa shape index (κ3) is 6.81. The highest BCUT2D eigenvalue weighted by atomic mass is 35.5. The van der Waals surface area contributed by atoms with Crippen molar-refractivity contribution < 1.29 is 64.0 Å². The summed E-state index contributed by atoms with van der Waals surface area (Å²) in [5.41, 5.74) is -1.86. The van der Waals surface area contributed by atoms with E-state index in [1.54, 1.807) is 0 Å². The number of aliphatic hydroxyl groups is 1. The van der Waals surface area contributed by atoms with Gasteiger partial charge in [0.1, 0.15) is 36.5 Å². The number of ether oxygens (including phenoxy) is 3. The van der Waals surface area contributed by atoms with E-state index in [4.69, 9.17) is 49.6 Å². The Morgan fingerprint density at radius 1 is 0.860 bits per heavy atom. The molecule has 50 heavy (non-hydrogen) atoms. The standard InChI is InChI=1S/C31H25Cl2N3O13S/c32-21-4-19-28(16(26(21)44)6-35(8-23(38)39)9-24(40)41)48-29-17(7-36(10-25(42)43)12-47-13-37)27(45)22(33)5-20(29)31(19)18-2-1-14(34-11-50)3-15(18)30(46)49-31/h1-5,37,44-45H,6-10,12-13H2,(H,38,39)(H,40,41)(H,42,43). The molecule has 0 bridgehead atoms. The van der Waals surface area contributed by atoms with E-state index >= 15 is 0 Å². The Hall–Kier alpha value is -4.84. The predicted octanol–water partition coefficient (Wildman–Crippen LogP) is 3.49. The number of aliphatic hydroxyl groups excluding tert-OH is 1. The number of isothiocyanates is 1. The van der Waals surface area contributed by atoms with Crippen LogP contribution in [-0.2, 0) is 42.5 Å². The summed E-state index contributed by atoms with van der Waals surface area (Å²) in [4.78, 5) is 54.7. The van der Waals surface area contributed by atoms with Crippen molar-refractivity contribution in [3.8, 4) is 23.0 Å². The van der Waals surface area contributed by atoms with Crippen LogP contribution >= 0.6 is 35.4 Å². The normalized spacial score (nSPS) is 15.6. The molecule has 2 heterocycles. The van der Waals surface area contributed by atoms with Crippen LogP contribution < -0.4 is 4.74 Å². The van der Waals surface area contributed by atoms with Crippen LogP contribution in [0.25, 0.3) is 0 Å². The van der Waals surface area contributed by atoms with Crippen LogP contribution in [0.4, 0.5) is 5.69 Å². The molecular formula is C31H25Cl2N3O13S. The van der Waals surface area contributed by atoms with Gasteiger partial charge < -0.3 is 44.8 Å². The molecule has 3 aromatic carbocycles. The van der Waals surface area contributed by atoms with Crippen molar-refractivity contribution in [1.29, 1.82) is 0 Å². The van der Waals surface area contributed by atoms with Gasteiger partial charge in [-0.1, -0.05) is 29.3 Å². The summed E-state index contributed by atoms with van der Waals surface area (Å²) in [7, 11) is 0. The Morgan fingerprint density at radius 3 is 1.88 bits per heavy atom. The zero-order chi connectivity index (χ0) is 36.5. The number of rotatable bonds is 14. The minimum Gasteiger partial charge on any atom is -0.506 e. The number of phenolic OH excluding ortho intramolecular Hbond substituents is 2. The fraction of sp³-hybridized carbons (Fsp3) is 0.258. The molecule has 262 valence electrons.